The number of carbonyl (C=O) groups excluding carboxylic acids is 1. The van der Waals surface area contributed by atoms with Gasteiger partial charge in [-0.25, -0.2) is 0 Å². The predicted molar refractivity (Wildman–Crippen MR) is 116 cm³/mol. The average molecular weight is 418 g/mol. The molecule has 0 saturated carbocycles. The zero-order chi connectivity index (χ0) is 20.3. The lowest BCUT2D eigenvalue weighted by Gasteiger charge is -2.15. The van der Waals surface area contributed by atoms with Crippen LogP contribution in [0.5, 0.6) is 11.5 Å². The first-order valence-corrected chi connectivity index (χ1v) is 10.2. The summed E-state index contributed by atoms with van der Waals surface area (Å²) < 4.78 is 13.1. The first-order chi connectivity index (χ1) is 13.5. The summed E-state index contributed by atoms with van der Waals surface area (Å²) in [6.45, 7) is 5.28. The van der Waals surface area contributed by atoms with Crippen molar-refractivity contribution < 1.29 is 14.3 Å². The fraction of sp³-hybridized carbons (Fsp3) is 0.350. The molecular formula is C20H23N3O3S2. The zero-order valence-electron chi connectivity index (χ0n) is 16.4. The van der Waals surface area contributed by atoms with E-state index in [0.717, 1.165) is 23.4 Å². The number of nitrogens with zero attached hydrogens (tertiary/aromatic N) is 3. The van der Waals surface area contributed by atoms with Crippen LogP contribution >= 0.6 is 24.0 Å². The second kappa shape index (κ2) is 8.79. The number of ether oxygens (including phenoxy) is 2. The first-order valence-electron chi connectivity index (χ1n) is 8.97. The number of rotatable bonds is 7. The van der Waals surface area contributed by atoms with Crippen molar-refractivity contribution in [3.05, 3.63) is 46.1 Å². The normalized spacial score (nSPS) is 15.6. The minimum absolute atomic E-state index is 0.0564. The molecule has 0 radical (unpaired) electrons. The first kappa shape index (κ1) is 20.4. The van der Waals surface area contributed by atoms with E-state index < -0.39 is 0 Å². The molecule has 6 nitrogen and oxygen atoms in total. The summed E-state index contributed by atoms with van der Waals surface area (Å²) in [5, 5.41) is 4.42. The maximum absolute atomic E-state index is 12.8. The highest BCUT2D eigenvalue weighted by atomic mass is 32.2. The van der Waals surface area contributed by atoms with E-state index >= 15 is 0 Å². The predicted octanol–water partition coefficient (Wildman–Crippen LogP) is 3.67. The van der Waals surface area contributed by atoms with Crippen LogP contribution in [0.4, 0.5) is 0 Å². The molecule has 2 aromatic rings. The van der Waals surface area contributed by atoms with Crippen molar-refractivity contribution in [2.24, 2.45) is 0 Å². The molecule has 0 spiro atoms. The van der Waals surface area contributed by atoms with Gasteiger partial charge in [0.1, 0.15) is 4.32 Å². The second-order valence-electron chi connectivity index (χ2n) is 6.30. The standard InChI is InChI=1S/C20H23N3O3S2/c1-5-22-12-15(13(2)21-22)11-18-19(24)23(20(27)28-18)9-8-14-6-7-16(25-3)17(10-14)26-4/h6-7,10-12H,5,8-9H2,1-4H3. The molecule has 148 valence electrons. The Kier molecular flexibility index (Phi) is 6.41. The van der Waals surface area contributed by atoms with Crippen molar-refractivity contribution in [1.29, 1.82) is 0 Å². The number of methoxy groups -OCH3 is 2. The Morgan fingerprint density at radius 1 is 1.25 bits per heavy atom. The van der Waals surface area contributed by atoms with Gasteiger partial charge < -0.3 is 9.47 Å². The number of thiocarbonyl (C=S) groups is 1. The number of amides is 1. The van der Waals surface area contributed by atoms with Crippen molar-refractivity contribution in [3.63, 3.8) is 0 Å². The molecule has 1 fully saturated rings. The van der Waals surface area contributed by atoms with Crippen LogP contribution in [0.2, 0.25) is 0 Å². The van der Waals surface area contributed by atoms with Crippen LogP contribution in [0.25, 0.3) is 6.08 Å². The molecule has 3 rings (SSSR count). The Balaban J connectivity index is 1.72. The van der Waals surface area contributed by atoms with Crippen LogP contribution in [-0.2, 0) is 17.8 Å². The second-order valence-corrected chi connectivity index (χ2v) is 7.97. The fourth-order valence-corrected chi connectivity index (χ4v) is 4.25. The Morgan fingerprint density at radius 2 is 2.00 bits per heavy atom. The van der Waals surface area contributed by atoms with Gasteiger partial charge in [-0.2, -0.15) is 5.10 Å². The molecule has 8 heteroatoms. The summed E-state index contributed by atoms with van der Waals surface area (Å²) in [7, 11) is 3.22. The Labute approximate surface area is 174 Å². The smallest absolute Gasteiger partial charge is 0.266 e. The van der Waals surface area contributed by atoms with E-state index in [4.69, 9.17) is 21.7 Å². The molecule has 1 aromatic heterocycles. The van der Waals surface area contributed by atoms with E-state index in [1.54, 1.807) is 19.1 Å². The summed E-state index contributed by atoms with van der Waals surface area (Å²) in [5.41, 5.74) is 2.90. The molecule has 1 aliphatic rings. The van der Waals surface area contributed by atoms with Crippen LogP contribution in [0.15, 0.2) is 29.3 Å². The van der Waals surface area contributed by atoms with Gasteiger partial charge in [0, 0.05) is 24.8 Å². The maximum Gasteiger partial charge on any atom is 0.266 e. The average Bonchev–Trinajstić information content (AvgIpc) is 3.19. The highest BCUT2D eigenvalue weighted by molar-refractivity contribution is 8.26. The van der Waals surface area contributed by atoms with Crippen LogP contribution < -0.4 is 9.47 Å². The summed E-state index contributed by atoms with van der Waals surface area (Å²) in [6.07, 6.45) is 4.50. The van der Waals surface area contributed by atoms with E-state index in [-0.39, 0.29) is 5.91 Å². The van der Waals surface area contributed by atoms with Gasteiger partial charge in [-0.3, -0.25) is 14.4 Å². The largest absolute Gasteiger partial charge is 0.493 e. The molecular weight excluding hydrogens is 394 g/mol. The summed E-state index contributed by atoms with van der Waals surface area (Å²) in [6, 6.07) is 5.76. The third-order valence-electron chi connectivity index (χ3n) is 4.54. The molecule has 1 aromatic carbocycles. The Hall–Kier alpha value is -2.32. The number of thioether (sulfide) groups is 1. The zero-order valence-corrected chi connectivity index (χ0v) is 18.0. The van der Waals surface area contributed by atoms with Gasteiger partial charge in [-0.15, -0.1) is 0 Å². The Morgan fingerprint density at radius 3 is 2.64 bits per heavy atom. The van der Waals surface area contributed by atoms with E-state index in [0.29, 0.717) is 33.7 Å². The van der Waals surface area contributed by atoms with Crippen molar-refractivity contribution in [2.75, 3.05) is 20.8 Å². The maximum atomic E-state index is 12.8. The van der Waals surface area contributed by atoms with Crippen LogP contribution in [-0.4, -0.2) is 45.7 Å². The molecule has 0 aliphatic carbocycles. The molecule has 0 unspecified atom stereocenters. The monoisotopic (exact) mass is 417 g/mol. The molecule has 0 bridgehead atoms. The lowest BCUT2D eigenvalue weighted by molar-refractivity contribution is -0.122. The van der Waals surface area contributed by atoms with Gasteiger partial charge >= 0.3 is 0 Å². The lowest BCUT2D eigenvalue weighted by atomic mass is 10.1. The third kappa shape index (κ3) is 4.23. The van der Waals surface area contributed by atoms with Crippen molar-refractivity contribution in [3.8, 4) is 11.5 Å². The molecule has 1 saturated heterocycles. The van der Waals surface area contributed by atoms with Crippen molar-refractivity contribution in [1.82, 2.24) is 14.7 Å². The van der Waals surface area contributed by atoms with E-state index in [9.17, 15) is 4.79 Å². The number of hydrogen-bond acceptors (Lipinski definition) is 6. The molecule has 0 atom stereocenters. The Bertz CT molecular complexity index is 937. The molecule has 0 N–H and O–H groups in total. The topological polar surface area (TPSA) is 56.6 Å². The SMILES string of the molecule is CCn1cc(C=C2SC(=S)N(CCc3ccc(OC)c(OC)c3)C2=O)c(C)n1. The van der Waals surface area contributed by atoms with Gasteiger partial charge in [0.2, 0.25) is 0 Å². The number of aromatic nitrogens is 2. The van der Waals surface area contributed by atoms with Crippen LogP contribution in [0.3, 0.4) is 0 Å². The third-order valence-corrected chi connectivity index (χ3v) is 5.92. The summed E-state index contributed by atoms with van der Waals surface area (Å²) in [5.74, 6) is 1.30. The highest BCUT2D eigenvalue weighted by Crippen LogP contribution is 2.33. The van der Waals surface area contributed by atoms with Gasteiger partial charge in [-0.1, -0.05) is 30.0 Å². The number of aryl methyl sites for hydroxylation is 2. The summed E-state index contributed by atoms with van der Waals surface area (Å²) >= 11 is 6.78. The van der Waals surface area contributed by atoms with Crippen molar-refractivity contribution in [2.45, 2.75) is 26.8 Å². The van der Waals surface area contributed by atoms with Gasteiger partial charge in [0.25, 0.3) is 5.91 Å². The van der Waals surface area contributed by atoms with Gasteiger partial charge in [0.05, 0.1) is 24.8 Å². The highest BCUT2D eigenvalue weighted by Gasteiger charge is 2.31. The number of hydrogen-bond donors (Lipinski definition) is 0. The van der Waals surface area contributed by atoms with Crippen molar-refractivity contribution >= 4 is 40.3 Å². The lowest BCUT2D eigenvalue weighted by Crippen LogP contribution is -2.30. The number of carbonyl (C=O) groups is 1. The molecule has 1 aliphatic heterocycles. The minimum atomic E-state index is -0.0564. The van der Waals surface area contributed by atoms with Gasteiger partial charge in [0.15, 0.2) is 11.5 Å². The van der Waals surface area contributed by atoms with Crippen LogP contribution in [0.1, 0.15) is 23.7 Å². The van der Waals surface area contributed by atoms with Crippen LogP contribution in [0, 0.1) is 6.92 Å². The number of benzene rings is 1. The van der Waals surface area contributed by atoms with Gasteiger partial charge in [-0.05, 0) is 44.0 Å². The quantitative estimate of drug-likeness (QED) is 0.506. The minimum Gasteiger partial charge on any atom is -0.493 e. The fourth-order valence-electron chi connectivity index (χ4n) is 2.95. The van der Waals surface area contributed by atoms with E-state index in [1.165, 1.54) is 11.8 Å². The molecule has 28 heavy (non-hydrogen) atoms. The molecule has 1 amide bonds. The van der Waals surface area contributed by atoms with E-state index in [1.807, 2.05) is 49.0 Å². The van der Waals surface area contributed by atoms with E-state index in [2.05, 4.69) is 5.10 Å². The molecule has 2 heterocycles. The summed E-state index contributed by atoms with van der Waals surface area (Å²) in [4.78, 5) is 15.1.